The Hall–Kier alpha value is -3.29. The minimum Gasteiger partial charge on any atom is -0.496 e. The van der Waals surface area contributed by atoms with E-state index in [1.165, 1.54) is 21.0 Å². The Morgan fingerprint density at radius 3 is 2.45 bits per heavy atom. The lowest BCUT2D eigenvalue weighted by molar-refractivity contribution is -0.363. The zero-order valence-corrected chi connectivity index (χ0v) is 23.7. The Labute approximate surface area is 240 Å². The van der Waals surface area contributed by atoms with Gasteiger partial charge in [-0.25, -0.2) is 0 Å². The largest absolute Gasteiger partial charge is 0.496 e. The van der Waals surface area contributed by atoms with Crippen LogP contribution < -0.4 is 14.2 Å². The van der Waals surface area contributed by atoms with Gasteiger partial charge in [0.15, 0.2) is 17.6 Å². The first-order chi connectivity index (χ1) is 20.2. The first kappa shape index (κ1) is 26.3. The fraction of sp³-hybridized carbons (Fsp3) is 0.567. The number of methoxy groups -OCH3 is 1. The van der Waals surface area contributed by atoms with Crippen molar-refractivity contribution in [3.63, 3.8) is 0 Å². The Morgan fingerprint density at radius 1 is 1.02 bits per heavy atom. The van der Waals surface area contributed by atoms with Crippen molar-refractivity contribution in [1.82, 2.24) is 0 Å². The third-order valence-corrected chi connectivity index (χ3v) is 9.14. The predicted octanol–water partition coefficient (Wildman–Crippen LogP) is 2.95. The highest BCUT2D eigenvalue weighted by atomic mass is 16.9. The van der Waals surface area contributed by atoms with Gasteiger partial charge in [-0.1, -0.05) is 0 Å². The minimum absolute atomic E-state index is 0.0831. The summed E-state index contributed by atoms with van der Waals surface area (Å²) in [6.45, 7) is 5.39. The molecule has 12 heteroatoms. The number of aryl methyl sites for hydroxylation is 1. The van der Waals surface area contributed by atoms with Gasteiger partial charge >= 0.3 is 17.7 Å². The molecule has 0 radical (unpaired) electrons. The van der Waals surface area contributed by atoms with E-state index in [1.54, 1.807) is 0 Å². The average molecular weight is 583 g/mol. The second kappa shape index (κ2) is 8.64. The van der Waals surface area contributed by atoms with E-state index in [0.29, 0.717) is 66.5 Å². The van der Waals surface area contributed by atoms with Crippen LogP contribution in [-0.2, 0) is 44.4 Å². The molecule has 0 aromatic heterocycles. The minimum atomic E-state index is -1.79. The number of benzene rings is 2. The monoisotopic (exact) mass is 582 g/mol. The van der Waals surface area contributed by atoms with Crippen molar-refractivity contribution in [3.05, 3.63) is 28.3 Å². The van der Waals surface area contributed by atoms with Crippen molar-refractivity contribution in [2.75, 3.05) is 26.9 Å². The molecule has 0 N–H and O–H groups in total. The van der Waals surface area contributed by atoms with E-state index >= 15 is 0 Å². The highest BCUT2D eigenvalue weighted by molar-refractivity contribution is 6.12. The summed E-state index contributed by atoms with van der Waals surface area (Å²) in [6.07, 6.45) is -0.465. The number of epoxide rings is 1. The molecule has 5 aliphatic heterocycles. The highest BCUT2D eigenvalue weighted by Crippen LogP contribution is 2.72. The van der Waals surface area contributed by atoms with Crippen molar-refractivity contribution in [1.29, 1.82) is 0 Å². The number of carbonyl (C=O) groups is 3. The Balaban J connectivity index is 1.44. The maximum atomic E-state index is 13.4. The molecule has 5 heterocycles. The number of ether oxygens (including phenoxy) is 9. The quantitative estimate of drug-likeness (QED) is 0.298. The molecule has 1 spiro atoms. The van der Waals surface area contributed by atoms with Gasteiger partial charge in [-0.05, 0) is 37.8 Å². The number of hydrogen-bond donors (Lipinski definition) is 0. The number of rotatable bonds is 4. The van der Waals surface area contributed by atoms with Gasteiger partial charge in [0.25, 0.3) is 5.79 Å². The van der Waals surface area contributed by atoms with E-state index < -0.39 is 47.6 Å². The molecule has 4 fully saturated rings. The van der Waals surface area contributed by atoms with Crippen molar-refractivity contribution >= 4 is 28.5 Å². The molecule has 2 bridgehead atoms. The first-order valence-corrected chi connectivity index (χ1v) is 14.2. The third kappa shape index (κ3) is 3.06. The number of fused-ring (bicyclic) bond motifs is 8. The lowest BCUT2D eigenvalue weighted by atomic mass is 9.78. The van der Waals surface area contributed by atoms with Crippen molar-refractivity contribution in [3.8, 4) is 17.2 Å². The van der Waals surface area contributed by atoms with Crippen LogP contribution in [0.25, 0.3) is 10.8 Å². The fourth-order valence-electron chi connectivity index (χ4n) is 7.60. The number of esters is 2. The Bertz CT molecular complexity index is 1590. The maximum absolute atomic E-state index is 13.4. The molecule has 6 aliphatic rings. The molecule has 2 aromatic carbocycles. The topological polar surface area (TPSA) is 138 Å². The number of Topliss-reactive ketones (excluding diaryl/α,β-unsaturated/α-hetero) is 1. The van der Waals surface area contributed by atoms with E-state index in [0.717, 1.165) is 5.56 Å². The van der Waals surface area contributed by atoms with Crippen molar-refractivity contribution in [2.45, 2.75) is 82.1 Å². The predicted molar refractivity (Wildman–Crippen MR) is 139 cm³/mol. The van der Waals surface area contributed by atoms with Crippen molar-refractivity contribution < 1.29 is 57.0 Å². The van der Waals surface area contributed by atoms with Crippen LogP contribution in [0.3, 0.4) is 0 Å². The van der Waals surface area contributed by atoms with Crippen LogP contribution in [0, 0.1) is 6.92 Å². The Kier molecular flexibility index (Phi) is 5.42. The summed E-state index contributed by atoms with van der Waals surface area (Å²) in [5, 5.41) is 0.930. The number of hydrogen-bond acceptors (Lipinski definition) is 12. The smallest absolute Gasteiger partial charge is 0.320 e. The van der Waals surface area contributed by atoms with E-state index in [-0.39, 0.29) is 29.5 Å². The van der Waals surface area contributed by atoms with Gasteiger partial charge in [-0.15, -0.1) is 0 Å². The normalized spacial score (nSPS) is 34.1. The Morgan fingerprint density at radius 2 is 1.79 bits per heavy atom. The van der Waals surface area contributed by atoms with Crippen LogP contribution in [0.1, 0.15) is 66.3 Å². The van der Waals surface area contributed by atoms with Gasteiger partial charge in [-0.2, -0.15) is 0 Å². The standard InChI is InChI=1S/C30H30O12/c1-13-11-17-21(23(38-14(2)31)20-16(22(17)34-4)7-5-8-18(20)33)24-19(13)25-26-29(40-24,39-15(3)32)28(12-37-28)30(41-25,42-26)27-35-9-6-10-36-27/h11,25-27H,5-10,12H2,1-4H3/t25?,26?,28-,29+,30?/m0/s1. The molecule has 12 nitrogen and oxygen atoms in total. The van der Waals surface area contributed by atoms with Crippen LogP contribution in [0.4, 0.5) is 0 Å². The van der Waals surface area contributed by atoms with Gasteiger partial charge in [0.1, 0.15) is 17.6 Å². The highest BCUT2D eigenvalue weighted by Gasteiger charge is 2.94. The maximum Gasteiger partial charge on any atom is 0.320 e. The molecular weight excluding hydrogens is 552 g/mol. The molecule has 3 unspecified atom stereocenters. The molecule has 0 saturated carbocycles. The fourth-order valence-corrected chi connectivity index (χ4v) is 7.60. The number of ketones is 1. The molecule has 5 atom stereocenters. The molecule has 42 heavy (non-hydrogen) atoms. The molecule has 1 aliphatic carbocycles. The van der Waals surface area contributed by atoms with Gasteiger partial charge in [0, 0.05) is 36.8 Å². The zero-order valence-electron chi connectivity index (χ0n) is 23.7. The van der Waals surface area contributed by atoms with E-state index in [2.05, 4.69) is 0 Å². The summed E-state index contributed by atoms with van der Waals surface area (Å²) in [5.74, 6) is -3.93. The van der Waals surface area contributed by atoms with Crippen LogP contribution >= 0.6 is 0 Å². The van der Waals surface area contributed by atoms with E-state index in [4.69, 9.17) is 42.6 Å². The van der Waals surface area contributed by atoms with Crippen LogP contribution in [0.15, 0.2) is 6.07 Å². The molecule has 4 saturated heterocycles. The zero-order chi connectivity index (χ0) is 29.2. The third-order valence-electron chi connectivity index (χ3n) is 9.14. The van der Waals surface area contributed by atoms with Gasteiger partial charge in [0.2, 0.25) is 11.9 Å². The molecule has 222 valence electrons. The average Bonchev–Trinajstić information content (AvgIpc) is 3.61. The second-order valence-electron chi connectivity index (χ2n) is 11.6. The summed E-state index contributed by atoms with van der Waals surface area (Å²) in [7, 11) is 1.54. The lowest BCUT2D eigenvalue weighted by Crippen LogP contribution is -2.71. The van der Waals surface area contributed by atoms with Crippen LogP contribution in [0.5, 0.6) is 17.2 Å². The van der Waals surface area contributed by atoms with Crippen molar-refractivity contribution in [2.24, 2.45) is 0 Å². The molecule has 0 amide bonds. The van der Waals surface area contributed by atoms with Gasteiger partial charge < -0.3 is 42.6 Å². The summed E-state index contributed by atoms with van der Waals surface area (Å²) >= 11 is 0. The van der Waals surface area contributed by atoms with Crippen LogP contribution in [0.2, 0.25) is 0 Å². The summed E-state index contributed by atoms with van der Waals surface area (Å²) < 4.78 is 55.9. The molecule has 8 rings (SSSR count). The van der Waals surface area contributed by atoms with Gasteiger partial charge in [-0.3, -0.25) is 14.4 Å². The second-order valence-corrected chi connectivity index (χ2v) is 11.6. The summed E-state index contributed by atoms with van der Waals surface area (Å²) in [5.41, 5.74) is 0.930. The van der Waals surface area contributed by atoms with Gasteiger partial charge in [0.05, 0.1) is 37.9 Å². The number of carbonyl (C=O) groups excluding carboxylic acids is 3. The van der Waals surface area contributed by atoms with E-state index in [1.807, 2.05) is 13.0 Å². The first-order valence-electron chi connectivity index (χ1n) is 14.2. The lowest BCUT2D eigenvalue weighted by Gasteiger charge is -2.49. The SMILES string of the molecule is COc1c2c(c(OC(C)=O)c3c4c(c(C)cc13)C1OC3(C5OCCCO5)OC1[C@@](OC(C)=O)(O4)[C@@]31CO1)C(=O)CCC2. The summed E-state index contributed by atoms with van der Waals surface area (Å²) in [6, 6.07) is 1.90. The molecular formula is C30H30O12. The molecule has 2 aromatic rings. The summed E-state index contributed by atoms with van der Waals surface area (Å²) in [4.78, 5) is 38.6. The van der Waals surface area contributed by atoms with Crippen LogP contribution in [-0.4, -0.2) is 74.2 Å². The van der Waals surface area contributed by atoms with E-state index in [9.17, 15) is 14.4 Å².